The summed E-state index contributed by atoms with van der Waals surface area (Å²) in [4.78, 5) is 33.3. The second kappa shape index (κ2) is 19.0. The number of ether oxygens (including phenoxy) is 1. The quantitative estimate of drug-likeness (QED) is 0.107. The molecule has 0 aliphatic carbocycles. The number of fused-ring (bicyclic) bond motifs is 2. The normalized spacial score (nSPS) is 13.6. The molecule has 6 heterocycles. The van der Waals surface area contributed by atoms with Gasteiger partial charge in [0, 0.05) is 47.0 Å². The number of hydrogen-bond donors (Lipinski definition) is 2. The van der Waals surface area contributed by atoms with Crippen LogP contribution in [0.1, 0.15) is 37.7 Å². The Labute approximate surface area is 372 Å². The molecular formula is C34H22Cl4N8O7S6. The van der Waals surface area contributed by atoms with Gasteiger partial charge in [0.2, 0.25) is 29.7 Å². The molecule has 304 valence electrons. The smallest absolute Gasteiger partial charge is 0.369 e. The number of nitrogens with two attached hydrogens (primary N) is 1. The van der Waals surface area contributed by atoms with Crippen LogP contribution in [0.2, 0.25) is 20.1 Å². The first kappa shape index (κ1) is 44.4. The van der Waals surface area contributed by atoms with E-state index in [4.69, 9.17) is 56.9 Å². The number of hydrogen-bond acceptors (Lipinski definition) is 18. The van der Waals surface area contributed by atoms with E-state index in [1.807, 2.05) is 0 Å². The summed E-state index contributed by atoms with van der Waals surface area (Å²) in [6.07, 6.45) is 8.98. The van der Waals surface area contributed by atoms with Gasteiger partial charge in [-0.05, 0) is 54.5 Å². The highest BCUT2D eigenvalue weighted by Gasteiger charge is 2.23. The summed E-state index contributed by atoms with van der Waals surface area (Å²) < 4.78 is 52.3. The minimum absolute atomic E-state index is 0.116. The molecule has 8 rings (SSSR count). The first-order valence-corrected chi connectivity index (χ1v) is 23.9. The number of aromatic nitrogens is 6. The predicted molar refractivity (Wildman–Crippen MR) is 230 cm³/mol. The molecule has 0 saturated carbocycles. The van der Waals surface area contributed by atoms with Crippen molar-refractivity contribution in [2.45, 2.75) is 35.2 Å². The first-order valence-electron chi connectivity index (χ1n) is 16.0. The molecule has 6 aromatic rings. The van der Waals surface area contributed by atoms with Crippen LogP contribution in [-0.2, 0) is 24.4 Å². The average molecular weight is 989 g/mol. The number of halogens is 4. The van der Waals surface area contributed by atoms with E-state index in [2.05, 4.69) is 35.7 Å². The lowest BCUT2D eigenvalue weighted by atomic mass is 10.2. The second-order valence-electron chi connectivity index (χ2n) is 11.2. The van der Waals surface area contributed by atoms with Gasteiger partial charge in [-0.25, -0.2) is 21.6 Å². The number of rotatable bonds is 8. The molecule has 25 heteroatoms. The maximum absolute atomic E-state index is 12.4. The number of nitrogens with zero attached hydrogens (tertiary/aromatic N) is 6. The summed E-state index contributed by atoms with van der Waals surface area (Å²) in [5.74, 6) is -0.988. The summed E-state index contributed by atoms with van der Waals surface area (Å²) >= 11 is 28.7. The molecule has 0 bridgehead atoms. The summed E-state index contributed by atoms with van der Waals surface area (Å²) in [7, 11) is -6.65. The fourth-order valence-electron chi connectivity index (χ4n) is 4.63. The Hall–Kier alpha value is -4.16. The van der Waals surface area contributed by atoms with Gasteiger partial charge in [-0.15, -0.1) is 20.4 Å². The van der Waals surface area contributed by atoms with Crippen molar-refractivity contribution in [2.75, 3.05) is 17.7 Å². The summed E-state index contributed by atoms with van der Waals surface area (Å²) in [6.45, 7) is 2.02. The molecule has 0 spiro atoms. The van der Waals surface area contributed by atoms with Gasteiger partial charge in [0.1, 0.15) is 0 Å². The Morgan fingerprint density at radius 3 is 1.71 bits per heavy atom. The highest BCUT2D eigenvalue weighted by atomic mass is 35.5. The van der Waals surface area contributed by atoms with Crippen molar-refractivity contribution in [3.8, 4) is 0 Å². The number of benzene rings is 2. The molecule has 0 saturated heterocycles. The fraction of sp³-hybridized carbons (Fsp3) is 0.0588. The number of carbonyl (C=O) groups excluding carboxylic acids is 2. The van der Waals surface area contributed by atoms with Crippen LogP contribution in [-0.4, -0.2) is 65.7 Å². The van der Waals surface area contributed by atoms with Crippen molar-refractivity contribution in [2.24, 2.45) is 0 Å². The third-order valence-corrected chi connectivity index (χ3v) is 16.0. The van der Waals surface area contributed by atoms with E-state index >= 15 is 0 Å². The van der Waals surface area contributed by atoms with Gasteiger partial charge in [0.25, 0.3) is 5.91 Å². The molecule has 4 aromatic heterocycles. The lowest BCUT2D eigenvalue weighted by molar-refractivity contribution is 0.0524. The minimum Gasteiger partial charge on any atom is -0.461 e. The SMILES string of the molecule is CCOC(=O)c1nnc(Sc2c(Cl)cncc2Cl)s1.Nc1ccc2c(c1)S(=O)(=O)C=C2.O=C(Nc1ccc2c(c1)S(=O)(=O)C=C2)c1nnc(Sc2c(Cl)cncc2Cl)s1. The standard InChI is InChI=1S/C16H8Cl2N4O3S3.C10H7Cl2N3O2S2.C8H7NO2S/c17-10-6-19-7-11(18)13(10)26-16-22-21-15(27-16)14(23)20-9-2-1-8-3-4-28(24,25)12(8)5-9;1-2-17-9(16)8-14-15-10(19-8)18-7-5(11)3-13-4-6(7)12;9-7-2-1-6-3-4-12(10,11)8(6)5-7/h1-7H,(H,20,23);3-4H,2H2,1H3;1-5H,9H2. The lowest BCUT2D eigenvalue weighted by Crippen LogP contribution is -2.12. The molecule has 59 heavy (non-hydrogen) atoms. The van der Waals surface area contributed by atoms with Crippen LogP contribution in [0.3, 0.4) is 0 Å². The number of amides is 1. The molecule has 15 nitrogen and oxygen atoms in total. The zero-order valence-electron chi connectivity index (χ0n) is 29.4. The Balaban J connectivity index is 0.000000162. The largest absolute Gasteiger partial charge is 0.461 e. The van der Waals surface area contributed by atoms with Crippen molar-refractivity contribution in [1.82, 2.24) is 30.4 Å². The number of nitrogens with one attached hydrogen (secondary N) is 1. The molecule has 2 aliphatic rings. The van der Waals surface area contributed by atoms with Crippen molar-refractivity contribution in [1.29, 1.82) is 0 Å². The van der Waals surface area contributed by atoms with Crippen LogP contribution in [0.4, 0.5) is 11.4 Å². The maximum atomic E-state index is 12.4. The topological polar surface area (TPSA) is 227 Å². The average Bonchev–Trinajstić information content (AvgIpc) is 3.99. The van der Waals surface area contributed by atoms with Crippen molar-refractivity contribution in [3.05, 3.63) is 113 Å². The fourth-order valence-corrected chi connectivity index (χ4v) is 11.6. The summed E-state index contributed by atoms with van der Waals surface area (Å²) in [5.41, 5.74) is 7.58. The molecule has 1 amide bonds. The van der Waals surface area contributed by atoms with Crippen molar-refractivity contribution in [3.63, 3.8) is 0 Å². The van der Waals surface area contributed by atoms with Gasteiger partial charge in [0.15, 0.2) is 8.68 Å². The van der Waals surface area contributed by atoms with Gasteiger partial charge in [-0.3, -0.25) is 14.8 Å². The molecule has 0 unspecified atom stereocenters. The van der Waals surface area contributed by atoms with Crippen molar-refractivity contribution < 1.29 is 31.2 Å². The van der Waals surface area contributed by atoms with Gasteiger partial charge in [0.05, 0.1) is 46.3 Å². The van der Waals surface area contributed by atoms with Gasteiger partial charge >= 0.3 is 5.97 Å². The van der Waals surface area contributed by atoms with E-state index in [1.165, 1.54) is 71.9 Å². The lowest BCUT2D eigenvalue weighted by Gasteiger charge is -2.05. The zero-order chi connectivity index (χ0) is 42.5. The number of esters is 1. The number of carbonyl (C=O) groups is 2. The number of pyridine rings is 2. The van der Waals surface area contributed by atoms with Gasteiger partial charge < -0.3 is 15.8 Å². The number of anilines is 2. The van der Waals surface area contributed by atoms with Gasteiger partial charge in [-0.2, -0.15) is 0 Å². The summed E-state index contributed by atoms with van der Waals surface area (Å²) in [5, 5.41) is 22.3. The predicted octanol–water partition coefficient (Wildman–Crippen LogP) is 9.00. The summed E-state index contributed by atoms with van der Waals surface area (Å²) in [6, 6.07) is 9.52. The van der Waals surface area contributed by atoms with Crippen LogP contribution in [0.25, 0.3) is 12.2 Å². The number of nitrogen functional groups attached to an aromatic ring is 1. The van der Waals surface area contributed by atoms with Crippen LogP contribution >= 0.6 is 92.6 Å². The third-order valence-electron chi connectivity index (χ3n) is 7.23. The Bertz CT molecular complexity index is 2850. The van der Waals surface area contributed by atoms with E-state index in [-0.39, 0.29) is 14.9 Å². The monoisotopic (exact) mass is 986 g/mol. The molecule has 2 aromatic carbocycles. The minimum atomic E-state index is -3.46. The molecule has 0 radical (unpaired) electrons. The first-order chi connectivity index (χ1) is 28.0. The van der Waals surface area contributed by atoms with E-state index in [0.717, 1.165) is 28.1 Å². The highest BCUT2D eigenvalue weighted by molar-refractivity contribution is 8.01. The number of sulfone groups is 2. The molecule has 3 N–H and O–H groups in total. The van der Waals surface area contributed by atoms with Crippen LogP contribution in [0, 0.1) is 0 Å². The zero-order valence-corrected chi connectivity index (χ0v) is 37.3. The maximum Gasteiger partial charge on any atom is 0.369 e. The van der Waals surface area contributed by atoms with E-state index in [1.54, 1.807) is 37.3 Å². The molecule has 2 aliphatic heterocycles. The molecular weight excluding hydrogens is 967 g/mol. The molecule has 0 fully saturated rings. The van der Waals surface area contributed by atoms with E-state index in [0.29, 0.717) is 72.6 Å². The highest BCUT2D eigenvalue weighted by Crippen LogP contribution is 2.40. The Morgan fingerprint density at radius 2 is 1.19 bits per heavy atom. The Kier molecular flexibility index (Phi) is 14.3. The van der Waals surface area contributed by atoms with Crippen LogP contribution in [0.15, 0.2) is 100 Å². The molecule has 0 atom stereocenters. The van der Waals surface area contributed by atoms with Crippen LogP contribution in [0.5, 0.6) is 0 Å². The van der Waals surface area contributed by atoms with Gasteiger partial charge in [-0.1, -0.05) is 105 Å². The Morgan fingerprint density at radius 1 is 0.712 bits per heavy atom. The van der Waals surface area contributed by atoms with Crippen molar-refractivity contribution >= 4 is 148 Å². The van der Waals surface area contributed by atoms with Crippen LogP contribution < -0.4 is 11.1 Å². The third kappa shape index (κ3) is 11.0. The van der Waals surface area contributed by atoms with E-state index < -0.39 is 31.6 Å². The van der Waals surface area contributed by atoms with E-state index in [9.17, 15) is 26.4 Å². The second-order valence-corrected chi connectivity index (χ2v) is 20.9.